The number of carbonyl (C=O) groups is 2. The minimum Gasteiger partial charge on any atom is -0.454 e. The SMILES string of the molecule is Cc1cc(NC(=O)COC(=O)Cn2c(=O)ccn(Cc3ccccc3)c2=O)no1. The van der Waals surface area contributed by atoms with E-state index < -0.39 is 36.3 Å². The van der Waals surface area contributed by atoms with Gasteiger partial charge in [-0.25, -0.2) is 9.36 Å². The number of ether oxygens (including phenoxy) is 1. The van der Waals surface area contributed by atoms with Crippen molar-refractivity contribution in [2.45, 2.75) is 20.0 Å². The molecule has 0 aliphatic carbocycles. The molecule has 0 saturated carbocycles. The summed E-state index contributed by atoms with van der Waals surface area (Å²) in [6, 6.07) is 11.9. The lowest BCUT2D eigenvalue weighted by molar-refractivity contribution is -0.148. The van der Waals surface area contributed by atoms with E-state index in [0.29, 0.717) is 5.76 Å². The topological polar surface area (TPSA) is 125 Å². The van der Waals surface area contributed by atoms with Crippen molar-refractivity contribution < 1.29 is 18.8 Å². The van der Waals surface area contributed by atoms with Crippen molar-refractivity contribution in [1.82, 2.24) is 14.3 Å². The van der Waals surface area contributed by atoms with E-state index in [1.54, 1.807) is 6.92 Å². The van der Waals surface area contributed by atoms with Crippen LogP contribution in [0.25, 0.3) is 0 Å². The van der Waals surface area contributed by atoms with Crippen molar-refractivity contribution in [3.05, 3.63) is 80.8 Å². The molecule has 0 radical (unpaired) electrons. The number of nitrogens with zero attached hydrogens (tertiary/aromatic N) is 3. The summed E-state index contributed by atoms with van der Waals surface area (Å²) in [5, 5.41) is 5.97. The van der Waals surface area contributed by atoms with Crippen molar-refractivity contribution in [1.29, 1.82) is 0 Å². The van der Waals surface area contributed by atoms with E-state index in [0.717, 1.165) is 10.1 Å². The molecule has 0 unspecified atom stereocenters. The largest absolute Gasteiger partial charge is 0.454 e. The lowest BCUT2D eigenvalue weighted by Gasteiger charge is -2.10. The molecule has 2 aromatic heterocycles. The number of benzene rings is 1. The van der Waals surface area contributed by atoms with Gasteiger partial charge in [-0.15, -0.1) is 0 Å². The summed E-state index contributed by atoms with van der Waals surface area (Å²) in [7, 11) is 0. The number of hydrogen-bond donors (Lipinski definition) is 1. The summed E-state index contributed by atoms with van der Waals surface area (Å²) in [4.78, 5) is 48.3. The van der Waals surface area contributed by atoms with Gasteiger partial charge in [0, 0.05) is 18.3 Å². The first-order valence-electron chi connectivity index (χ1n) is 8.65. The molecule has 1 amide bonds. The zero-order valence-corrected chi connectivity index (χ0v) is 15.5. The second-order valence-corrected chi connectivity index (χ2v) is 6.17. The standard InChI is InChI=1S/C19H18N4O6/c1-13-9-15(21-29-13)20-16(24)12-28-18(26)11-23-17(25)7-8-22(19(23)27)10-14-5-3-2-4-6-14/h2-9H,10-12H2,1H3,(H,20,21,24). The number of carbonyl (C=O) groups excluding carboxylic acids is 2. The number of aryl methyl sites for hydroxylation is 1. The Morgan fingerprint density at radius 3 is 2.62 bits per heavy atom. The molecule has 3 aromatic rings. The van der Waals surface area contributed by atoms with Gasteiger partial charge in [0.1, 0.15) is 12.3 Å². The van der Waals surface area contributed by atoms with Gasteiger partial charge in [-0.05, 0) is 12.5 Å². The first kappa shape index (κ1) is 19.8. The quantitative estimate of drug-likeness (QED) is 0.576. The summed E-state index contributed by atoms with van der Waals surface area (Å²) in [5.41, 5.74) is -0.429. The highest BCUT2D eigenvalue weighted by molar-refractivity contribution is 5.91. The van der Waals surface area contributed by atoms with Crippen molar-refractivity contribution in [3.63, 3.8) is 0 Å². The highest BCUT2D eigenvalue weighted by Crippen LogP contribution is 2.06. The van der Waals surface area contributed by atoms with Gasteiger partial charge < -0.3 is 14.6 Å². The highest BCUT2D eigenvalue weighted by atomic mass is 16.5. The molecule has 0 atom stereocenters. The number of anilines is 1. The van der Waals surface area contributed by atoms with Crippen LogP contribution >= 0.6 is 0 Å². The van der Waals surface area contributed by atoms with Crippen molar-refractivity contribution >= 4 is 17.7 Å². The number of aromatic nitrogens is 3. The highest BCUT2D eigenvalue weighted by Gasteiger charge is 2.14. The zero-order chi connectivity index (χ0) is 20.8. The normalized spacial score (nSPS) is 10.5. The number of esters is 1. The molecule has 10 heteroatoms. The van der Waals surface area contributed by atoms with E-state index in [9.17, 15) is 19.2 Å². The molecular formula is C19H18N4O6. The summed E-state index contributed by atoms with van der Waals surface area (Å²) >= 11 is 0. The first-order valence-corrected chi connectivity index (χ1v) is 8.65. The maximum absolute atomic E-state index is 12.5. The minimum atomic E-state index is -0.895. The smallest absolute Gasteiger partial charge is 0.331 e. The third kappa shape index (κ3) is 5.28. The second kappa shape index (κ2) is 8.83. The van der Waals surface area contributed by atoms with E-state index in [4.69, 9.17) is 9.26 Å². The molecule has 150 valence electrons. The van der Waals surface area contributed by atoms with Gasteiger partial charge in [0.25, 0.3) is 11.5 Å². The second-order valence-electron chi connectivity index (χ2n) is 6.17. The molecule has 10 nitrogen and oxygen atoms in total. The molecule has 1 aromatic carbocycles. The number of hydrogen-bond acceptors (Lipinski definition) is 7. The Labute approximate surface area is 164 Å². The van der Waals surface area contributed by atoms with Crippen LogP contribution in [0.15, 0.2) is 62.8 Å². The molecular weight excluding hydrogens is 380 g/mol. The number of amides is 1. The van der Waals surface area contributed by atoms with Gasteiger partial charge in [-0.3, -0.25) is 19.0 Å². The molecule has 3 rings (SSSR count). The Morgan fingerprint density at radius 2 is 1.93 bits per heavy atom. The number of rotatable bonds is 7. The summed E-state index contributed by atoms with van der Waals surface area (Å²) in [6.45, 7) is 0.702. The molecule has 0 spiro atoms. The van der Waals surface area contributed by atoms with Crippen LogP contribution in [-0.2, 0) is 27.4 Å². The van der Waals surface area contributed by atoms with Crippen LogP contribution < -0.4 is 16.6 Å². The van der Waals surface area contributed by atoms with Gasteiger partial charge in [0.05, 0.1) is 6.54 Å². The zero-order valence-electron chi connectivity index (χ0n) is 15.5. The van der Waals surface area contributed by atoms with E-state index in [1.165, 1.54) is 22.9 Å². The lowest BCUT2D eigenvalue weighted by atomic mass is 10.2. The molecule has 0 bridgehead atoms. The van der Waals surface area contributed by atoms with Crippen LogP contribution in [0.2, 0.25) is 0 Å². The Hall–Kier alpha value is -3.95. The molecule has 29 heavy (non-hydrogen) atoms. The van der Waals surface area contributed by atoms with Crippen molar-refractivity contribution in [3.8, 4) is 0 Å². The maximum Gasteiger partial charge on any atom is 0.331 e. The molecule has 0 fully saturated rings. The van der Waals surface area contributed by atoms with Crippen molar-refractivity contribution in [2.75, 3.05) is 11.9 Å². The maximum atomic E-state index is 12.5. The van der Waals surface area contributed by atoms with Crippen LogP contribution in [0.1, 0.15) is 11.3 Å². The van der Waals surface area contributed by atoms with Crippen LogP contribution in [0.3, 0.4) is 0 Å². The van der Waals surface area contributed by atoms with E-state index in [-0.39, 0.29) is 12.4 Å². The lowest BCUT2D eigenvalue weighted by Crippen LogP contribution is -2.41. The molecule has 1 N–H and O–H groups in total. The van der Waals surface area contributed by atoms with E-state index in [2.05, 4.69) is 10.5 Å². The molecule has 0 saturated heterocycles. The van der Waals surface area contributed by atoms with Crippen LogP contribution in [-0.4, -0.2) is 32.8 Å². The minimum absolute atomic E-state index is 0.187. The van der Waals surface area contributed by atoms with E-state index in [1.807, 2.05) is 30.3 Å². The van der Waals surface area contributed by atoms with Crippen LogP contribution in [0.5, 0.6) is 0 Å². The first-order chi connectivity index (χ1) is 13.9. The Morgan fingerprint density at radius 1 is 1.17 bits per heavy atom. The van der Waals surface area contributed by atoms with Gasteiger partial charge in [-0.2, -0.15) is 0 Å². The van der Waals surface area contributed by atoms with Crippen LogP contribution in [0, 0.1) is 6.92 Å². The fourth-order valence-corrected chi connectivity index (χ4v) is 2.53. The summed E-state index contributed by atoms with van der Waals surface area (Å²) in [6.07, 6.45) is 1.37. The Kier molecular flexibility index (Phi) is 6.03. The predicted octanol–water partition coefficient (Wildman–Crippen LogP) is 0.537. The summed E-state index contributed by atoms with van der Waals surface area (Å²) in [5.74, 6) is -0.833. The van der Waals surface area contributed by atoms with Gasteiger partial charge in [0.2, 0.25) is 0 Å². The number of nitrogens with one attached hydrogen (secondary N) is 1. The molecule has 0 aliphatic rings. The summed E-state index contributed by atoms with van der Waals surface area (Å²) < 4.78 is 11.7. The fourth-order valence-electron chi connectivity index (χ4n) is 2.53. The predicted molar refractivity (Wildman–Crippen MR) is 101 cm³/mol. The van der Waals surface area contributed by atoms with Gasteiger partial charge in [0.15, 0.2) is 12.4 Å². The monoisotopic (exact) mass is 398 g/mol. The van der Waals surface area contributed by atoms with Gasteiger partial charge >= 0.3 is 11.7 Å². The van der Waals surface area contributed by atoms with E-state index >= 15 is 0 Å². The average molecular weight is 398 g/mol. The van der Waals surface area contributed by atoms with Gasteiger partial charge in [-0.1, -0.05) is 35.5 Å². The molecule has 0 aliphatic heterocycles. The van der Waals surface area contributed by atoms with Crippen molar-refractivity contribution in [2.24, 2.45) is 0 Å². The Balaban J connectivity index is 1.62. The van der Waals surface area contributed by atoms with Crippen LogP contribution in [0.4, 0.5) is 5.82 Å². The third-order valence-corrected chi connectivity index (χ3v) is 3.88. The third-order valence-electron chi connectivity index (χ3n) is 3.88. The Bertz CT molecular complexity index is 1130. The average Bonchev–Trinajstić information content (AvgIpc) is 3.11. The fraction of sp³-hybridized carbons (Fsp3) is 0.211. The molecule has 2 heterocycles.